The molecule has 1 N–H and O–H groups in total. The van der Waals surface area contributed by atoms with Gasteiger partial charge in [0.05, 0.1) is 19.0 Å². The first kappa shape index (κ1) is 13.9. The summed E-state index contributed by atoms with van der Waals surface area (Å²) in [5, 5.41) is 3.31. The average Bonchev–Trinajstić information content (AvgIpc) is 2.26. The Morgan fingerprint density at radius 3 is 2.81 bits per heavy atom. The van der Waals surface area contributed by atoms with Crippen molar-refractivity contribution >= 4 is 9.84 Å². The number of sulfone groups is 1. The van der Waals surface area contributed by atoms with E-state index in [0.717, 1.165) is 13.1 Å². The third kappa shape index (κ3) is 5.82. The van der Waals surface area contributed by atoms with Gasteiger partial charge in [0.1, 0.15) is 0 Å². The van der Waals surface area contributed by atoms with Crippen molar-refractivity contribution in [3.05, 3.63) is 0 Å². The highest BCUT2D eigenvalue weighted by Crippen LogP contribution is 2.09. The van der Waals surface area contributed by atoms with Crippen LogP contribution in [-0.2, 0) is 14.6 Å². The van der Waals surface area contributed by atoms with Gasteiger partial charge in [-0.05, 0) is 31.7 Å². The second kappa shape index (κ2) is 7.25. The molecule has 1 rings (SSSR count). The minimum atomic E-state index is -2.88. The van der Waals surface area contributed by atoms with E-state index in [1.165, 1.54) is 12.8 Å². The maximum Gasteiger partial charge on any atom is 0.152 e. The van der Waals surface area contributed by atoms with Gasteiger partial charge < -0.3 is 10.1 Å². The predicted molar refractivity (Wildman–Crippen MR) is 65.4 cm³/mol. The fraction of sp³-hybridized carbons (Fsp3) is 1.00. The van der Waals surface area contributed by atoms with Crippen molar-refractivity contribution in [1.82, 2.24) is 5.32 Å². The molecule has 1 aliphatic heterocycles. The molecule has 96 valence electrons. The zero-order valence-electron chi connectivity index (χ0n) is 10.1. The molecule has 1 atom stereocenters. The second-order valence-corrected chi connectivity index (χ2v) is 6.74. The van der Waals surface area contributed by atoms with Crippen LogP contribution >= 0.6 is 0 Å². The van der Waals surface area contributed by atoms with Crippen molar-refractivity contribution in [2.24, 2.45) is 5.92 Å². The number of hydrogen-bond acceptors (Lipinski definition) is 4. The van der Waals surface area contributed by atoms with Crippen LogP contribution in [-0.4, -0.2) is 46.2 Å². The second-order valence-electron chi connectivity index (χ2n) is 4.44. The zero-order chi connectivity index (χ0) is 11.9. The summed E-state index contributed by atoms with van der Waals surface area (Å²) in [6, 6.07) is 0. The fourth-order valence-electron chi connectivity index (χ4n) is 1.92. The first-order chi connectivity index (χ1) is 7.64. The Morgan fingerprint density at radius 1 is 1.38 bits per heavy atom. The molecule has 1 unspecified atom stereocenters. The maximum atomic E-state index is 11.4. The average molecular weight is 249 g/mol. The summed E-state index contributed by atoms with van der Waals surface area (Å²) in [6.45, 7) is 5.02. The van der Waals surface area contributed by atoms with E-state index in [-0.39, 0.29) is 11.5 Å². The molecule has 0 aromatic heterocycles. The molecule has 16 heavy (non-hydrogen) atoms. The van der Waals surface area contributed by atoms with Gasteiger partial charge in [-0.3, -0.25) is 0 Å². The summed E-state index contributed by atoms with van der Waals surface area (Å²) in [7, 11) is -2.88. The molecule has 1 saturated heterocycles. The Labute approximate surface area is 98.7 Å². The largest absolute Gasteiger partial charge is 0.380 e. The van der Waals surface area contributed by atoms with Crippen LogP contribution in [0.25, 0.3) is 0 Å². The van der Waals surface area contributed by atoms with Gasteiger partial charge in [0, 0.05) is 12.3 Å². The molecule has 0 radical (unpaired) electrons. The molecule has 0 aromatic rings. The normalized spacial score (nSPS) is 22.2. The lowest BCUT2D eigenvalue weighted by atomic mass is 10.0. The van der Waals surface area contributed by atoms with Gasteiger partial charge >= 0.3 is 0 Å². The number of nitrogens with one attached hydrogen (secondary N) is 1. The van der Waals surface area contributed by atoms with E-state index in [4.69, 9.17) is 4.74 Å². The number of piperidine rings is 1. The molecule has 1 fully saturated rings. The lowest BCUT2D eigenvalue weighted by Crippen LogP contribution is -2.32. The molecule has 0 aliphatic carbocycles. The number of rotatable bonds is 7. The smallest absolute Gasteiger partial charge is 0.152 e. The molecule has 0 spiro atoms. The monoisotopic (exact) mass is 249 g/mol. The van der Waals surface area contributed by atoms with Gasteiger partial charge in [-0.15, -0.1) is 0 Å². The first-order valence-electron chi connectivity index (χ1n) is 6.13. The van der Waals surface area contributed by atoms with Crippen molar-refractivity contribution in [2.75, 3.05) is 37.8 Å². The van der Waals surface area contributed by atoms with Crippen molar-refractivity contribution in [2.45, 2.75) is 26.2 Å². The summed E-state index contributed by atoms with van der Waals surface area (Å²) < 4.78 is 28.2. The zero-order valence-corrected chi connectivity index (χ0v) is 10.9. The van der Waals surface area contributed by atoms with Crippen LogP contribution in [0.15, 0.2) is 0 Å². The molecule has 4 nitrogen and oxygen atoms in total. The Balaban J connectivity index is 2.06. The van der Waals surface area contributed by atoms with E-state index in [0.29, 0.717) is 25.6 Å². The summed E-state index contributed by atoms with van der Waals surface area (Å²) in [6.07, 6.45) is 3.08. The van der Waals surface area contributed by atoms with E-state index in [2.05, 4.69) is 5.32 Å². The number of hydrogen-bond donors (Lipinski definition) is 1. The van der Waals surface area contributed by atoms with Crippen LogP contribution in [0.1, 0.15) is 26.2 Å². The maximum absolute atomic E-state index is 11.4. The summed E-state index contributed by atoms with van der Waals surface area (Å²) >= 11 is 0. The molecule has 0 saturated carbocycles. The third-order valence-electron chi connectivity index (χ3n) is 2.81. The summed E-state index contributed by atoms with van der Waals surface area (Å²) in [4.78, 5) is 0. The molecule has 1 aliphatic rings. The van der Waals surface area contributed by atoms with Crippen LogP contribution < -0.4 is 5.32 Å². The van der Waals surface area contributed by atoms with Crippen LogP contribution in [0.3, 0.4) is 0 Å². The highest BCUT2D eigenvalue weighted by Gasteiger charge is 2.14. The molecular formula is C11H23NO3S. The van der Waals surface area contributed by atoms with Crippen molar-refractivity contribution in [3.8, 4) is 0 Å². The van der Waals surface area contributed by atoms with Gasteiger partial charge in [0.2, 0.25) is 0 Å². The van der Waals surface area contributed by atoms with E-state index in [1.807, 2.05) is 6.92 Å². The molecular weight excluding hydrogens is 226 g/mol. The van der Waals surface area contributed by atoms with Gasteiger partial charge in [0.25, 0.3) is 0 Å². The van der Waals surface area contributed by atoms with E-state index >= 15 is 0 Å². The topological polar surface area (TPSA) is 55.4 Å². The highest BCUT2D eigenvalue weighted by atomic mass is 32.2. The van der Waals surface area contributed by atoms with Gasteiger partial charge in [0.15, 0.2) is 9.84 Å². The van der Waals surface area contributed by atoms with Crippen molar-refractivity contribution < 1.29 is 13.2 Å². The fourth-order valence-corrected chi connectivity index (χ4v) is 3.11. The molecule has 0 bridgehead atoms. The quantitative estimate of drug-likeness (QED) is 0.679. The molecule has 0 aromatic carbocycles. The standard InChI is InChI=1S/C11H23NO3S/c1-2-7-16(13,14)8-6-15-10-11-4-3-5-12-9-11/h11-12H,2-10H2,1H3. The third-order valence-corrected chi connectivity index (χ3v) is 4.63. The SMILES string of the molecule is CCCS(=O)(=O)CCOCC1CCCNC1. The Kier molecular flexibility index (Phi) is 6.31. The van der Waals surface area contributed by atoms with Crippen molar-refractivity contribution in [3.63, 3.8) is 0 Å². The van der Waals surface area contributed by atoms with Crippen LogP contribution in [0.2, 0.25) is 0 Å². The van der Waals surface area contributed by atoms with Gasteiger partial charge in [-0.1, -0.05) is 6.92 Å². The molecule has 0 amide bonds. The Morgan fingerprint density at radius 2 is 2.19 bits per heavy atom. The van der Waals surface area contributed by atoms with E-state index in [9.17, 15) is 8.42 Å². The lowest BCUT2D eigenvalue weighted by Gasteiger charge is -2.22. The minimum Gasteiger partial charge on any atom is -0.380 e. The summed E-state index contributed by atoms with van der Waals surface area (Å²) in [5.74, 6) is 1.00. The minimum absolute atomic E-state index is 0.168. The first-order valence-corrected chi connectivity index (χ1v) is 7.95. The van der Waals surface area contributed by atoms with Gasteiger partial charge in [-0.2, -0.15) is 0 Å². The van der Waals surface area contributed by atoms with Gasteiger partial charge in [-0.25, -0.2) is 8.42 Å². The number of ether oxygens (including phenoxy) is 1. The van der Waals surface area contributed by atoms with Crippen LogP contribution in [0.5, 0.6) is 0 Å². The molecule has 1 heterocycles. The van der Waals surface area contributed by atoms with Crippen LogP contribution in [0, 0.1) is 5.92 Å². The van der Waals surface area contributed by atoms with E-state index < -0.39 is 9.84 Å². The Hall–Kier alpha value is -0.130. The predicted octanol–water partition coefficient (Wildman–Crippen LogP) is 0.827. The van der Waals surface area contributed by atoms with Crippen LogP contribution in [0.4, 0.5) is 0 Å². The molecule has 5 heteroatoms. The summed E-state index contributed by atoms with van der Waals surface area (Å²) in [5.41, 5.74) is 0. The lowest BCUT2D eigenvalue weighted by molar-refractivity contribution is 0.101. The van der Waals surface area contributed by atoms with Crippen molar-refractivity contribution in [1.29, 1.82) is 0 Å². The highest BCUT2D eigenvalue weighted by molar-refractivity contribution is 7.91. The Bertz CT molecular complexity index is 271. The van der Waals surface area contributed by atoms with E-state index in [1.54, 1.807) is 0 Å².